The zero-order valence-corrected chi connectivity index (χ0v) is 11.0. The van der Waals surface area contributed by atoms with Crippen molar-refractivity contribution >= 4 is 5.91 Å². The molecule has 0 heterocycles. The van der Waals surface area contributed by atoms with E-state index in [0.717, 1.165) is 38.9 Å². The molecule has 0 aliphatic heterocycles. The minimum Gasteiger partial charge on any atom is -0.369 e. The first-order valence-electron chi connectivity index (χ1n) is 6.83. The smallest absolute Gasteiger partial charge is 0.224 e. The lowest BCUT2D eigenvalue weighted by Gasteiger charge is -2.34. The number of nitrogens with two attached hydrogens (primary N) is 1. The first-order valence-corrected chi connectivity index (χ1v) is 6.83. The summed E-state index contributed by atoms with van der Waals surface area (Å²) in [6.45, 7) is 7.43. The Morgan fingerprint density at radius 3 is 2.53 bits per heavy atom. The van der Waals surface area contributed by atoms with Gasteiger partial charge >= 0.3 is 0 Å². The van der Waals surface area contributed by atoms with Crippen LogP contribution in [0.2, 0.25) is 0 Å². The number of amides is 1. The molecule has 3 heteroatoms. The van der Waals surface area contributed by atoms with Crippen molar-refractivity contribution in [3.05, 3.63) is 12.2 Å². The van der Waals surface area contributed by atoms with Gasteiger partial charge < -0.3 is 10.6 Å². The summed E-state index contributed by atoms with van der Waals surface area (Å²) in [5.41, 5.74) is 5.45. The van der Waals surface area contributed by atoms with Crippen molar-refractivity contribution < 1.29 is 4.79 Å². The van der Waals surface area contributed by atoms with E-state index in [0.29, 0.717) is 11.8 Å². The standard InChI is InChI=1S/C14H24N2O/c1-3-16(4-2)8-7-14(13(15)17)10-11-5-6-12(14)9-11/h5-6,11-12H,3-4,7-10H2,1-2H3,(H2,15,17)/t11-,12-,14+/m0/s1. The van der Waals surface area contributed by atoms with Gasteiger partial charge in [-0.05, 0) is 50.7 Å². The molecular weight excluding hydrogens is 212 g/mol. The van der Waals surface area contributed by atoms with Crippen LogP contribution >= 0.6 is 0 Å². The molecule has 1 amide bonds. The van der Waals surface area contributed by atoms with E-state index in [4.69, 9.17) is 5.73 Å². The van der Waals surface area contributed by atoms with Crippen LogP contribution in [0, 0.1) is 17.3 Å². The Hall–Kier alpha value is -0.830. The third-order valence-corrected chi connectivity index (χ3v) is 4.77. The Morgan fingerprint density at radius 1 is 1.41 bits per heavy atom. The highest BCUT2D eigenvalue weighted by atomic mass is 16.1. The van der Waals surface area contributed by atoms with Crippen molar-refractivity contribution in [1.82, 2.24) is 4.90 Å². The predicted octanol–water partition coefficient (Wildman–Crippen LogP) is 1.79. The Morgan fingerprint density at radius 2 is 2.12 bits per heavy atom. The monoisotopic (exact) mass is 236 g/mol. The van der Waals surface area contributed by atoms with Crippen molar-refractivity contribution in [3.63, 3.8) is 0 Å². The number of hydrogen-bond donors (Lipinski definition) is 1. The van der Waals surface area contributed by atoms with Gasteiger partial charge in [0.2, 0.25) is 5.91 Å². The maximum atomic E-state index is 11.9. The van der Waals surface area contributed by atoms with E-state index in [9.17, 15) is 4.79 Å². The van der Waals surface area contributed by atoms with Gasteiger partial charge in [0, 0.05) is 0 Å². The second kappa shape index (κ2) is 4.81. The van der Waals surface area contributed by atoms with Gasteiger partial charge in [0.05, 0.1) is 5.41 Å². The van der Waals surface area contributed by atoms with Gasteiger partial charge in [0.1, 0.15) is 0 Å². The highest BCUT2D eigenvalue weighted by molar-refractivity contribution is 5.82. The van der Waals surface area contributed by atoms with E-state index in [1.807, 2.05) is 0 Å². The summed E-state index contributed by atoms with van der Waals surface area (Å²) in [5.74, 6) is 0.922. The maximum Gasteiger partial charge on any atom is 0.224 e. The third kappa shape index (κ3) is 2.13. The van der Waals surface area contributed by atoms with Crippen molar-refractivity contribution in [2.45, 2.75) is 33.1 Å². The Kier molecular flexibility index (Phi) is 3.57. The fourth-order valence-electron chi connectivity index (χ4n) is 3.55. The quantitative estimate of drug-likeness (QED) is 0.715. The summed E-state index contributed by atoms with van der Waals surface area (Å²) >= 11 is 0. The molecule has 2 N–H and O–H groups in total. The third-order valence-electron chi connectivity index (χ3n) is 4.77. The number of rotatable bonds is 6. The van der Waals surface area contributed by atoms with Crippen LogP contribution in [0.15, 0.2) is 12.2 Å². The molecule has 0 radical (unpaired) electrons. The van der Waals surface area contributed by atoms with Crippen LogP contribution in [0.4, 0.5) is 0 Å². The molecule has 0 spiro atoms. The van der Waals surface area contributed by atoms with Crippen LogP contribution in [0.3, 0.4) is 0 Å². The SMILES string of the molecule is CCN(CC)CC[C@@]1(C(N)=O)C[C@H]2C=C[C@H]1C2. The van der Waals surface area contributed by atoms with Gasteiger partial charge in [0.15, 0.2) is 0 Å². The fourth-order valence-corrected chi connectivity index (χ4v) is 3.55. The van der Waals surface area contributed by atoms with E-state index in [1.165, 1.54) is 0 Å². The summed E-state index contributed by atoms with van der Waals surface area (Å²) in [7, 11) is 0. The van der Waals surface area contributed by atoms with Gasteiger partial charge in [-0.2, -0.15) is 0 Å². The van der Waals surface area contributed by atoms with Crippen molar-refractivity contribution in [3.8, 4) is 0 Å². The highest BCUT2D eigenvalue weighted by Gasteiger charge is 2.51. The van der Waals surface area contributed by atoms with Gasteiger partial charge in [-0.1, -0.05) is 26.0 Å². The molecule has 2 aliphatic rings. The fraction of sp³-hybridized carbons (Fsp3) is 0.786. The summed E-state index contributed by atoms with van der Waals surface area (Å²) in [5, 5.41) is 0. The highest BCUT2D eigenvalue weighted by Crippen LogP contribution is 2.53. The Bertz CT molecular complexity index is 322. The number of carbonyl (C=O) groups excluding carboxylic acids is 1. The van der Waals surface area contributed by atoms with E-state index in [2.05, 4.69) is 30.9 Å². The number of allylic oxidation sites excluding steroid dienone is 2. The number of hydrogen-bond acceptors (Lipinski definition) is 2. The molecule has 0 aromatic heterocycles. The van der Waals surface area contributed by atoms with Gasteiger partial charge in [-0.25, -0.2) is 0 Å². The molecule has 0 saturated heterocycles. The number of carbonyl (C=O) groups is 1. The van der Waals surface area contributed by atoms with Crippen LogP contribution in [-0.4, -0.2) is 30.4 Å². The van der Waals surface area contributed by atoms with E-state index in [-0.39, 0.29) is 11.3 Å². The van der Waals surface area contributed by atoms with Crippen LogP contribution < -0.4 is 5.73 Å². The van der Waals surface area contributed by atoms with Crippen LogP contribution in [-0.2, 0) is 4.79 Å². The molecule has 2 rings (SSSR count). The summed E-state index contributed by atoms with van der Waals surface area (Å²) in [6, 6.07) is 0. The van der Waals surface area contributed by atoms with Crippen molar-refractivity contribution in [2.24, 2.45) is 23.0 Å². The van der Waals surface area contributed by atoms with Gasteiger partial charge in [-0.3, -0.25) is 4.79 Å². The molecule has 2 bridgehead atoms. The largest absolute Gasteiger partial charge is 0.369 e. The molecule has 96 valence electrons. The molecule has 0 aromatic rings. The molecular formula is C14H24N2O. The second-order valence-corrected chi connectivity index (χ2v) is 5.49. The van der Waals surface area contributed by atoms with Crippen molar-refractivity contribution in [2.75, 3.05) is 19.6 Å². The topological polar surface area (TPSA) is 46.3 Å². The summed E-state index contributed by atoms with van der Waals surface area (Å²) < 4.78 is 0. The molecule has 2 aliphatic carbocycles. The second-order valence-electron chi connectivity index (χ2n) is 5.49. The van der Waals surface area contributed by atoms with E-state index in [1.54, 1.807) is 0 Å². The lowest BCUT2D eigenvalue weighted by molar-refractivity contribution is -0.129. The lowest BCUT2D eigenvalue weighted by atomic mass is 9.72. The normalized spacial score (nSPS) is 34.8. The van der Waals surface area contributed by atoms with E-state index < -0.39 is 0 Å². The average Bonchev–Trinajstić information content (AvgIpc) is 2.91. The van der Waals surface area contributed by atoms with Crippen molar-refractivity contribution in [1.29, 1.82) is 0 Å². The first-order chi connectivity index (χ1) is 8.12. The molecule has 17 heavy (non-hydrogen) atoms. The first kappa shape index (κ1) is 12.6. The lowest BCUT2D eigenvalue weighted by Crippen LogP contribution is -2.43. The van der Waals surface area contributed by atoms with Gasteiger partial charge in [0.25, 0.3) is 0 Å². The number of nitrogens with zero attached hydrogens (tertiary/aromatic N) is 1. The molecule has 3 atom stereocenters. The van der Waals surface area contributed by atoms with E-state index >= 15 is 0 Å². The number of fused-ring (bicyclic) bond motifs is 2. The van der Waals surface area contributed by atoms with Gasteiger partial charge in [-0.15, -0.1) is 0 Å². The predicted molar refractivity (Wildman–Crippen MR) is 69.4 cm³/mol. The minimum atomic E-state index is -0.248. The Labute approximate surface area is 104 Å². The molecule has 3 nitrogen and oxygen atoms in total. The summed E-state index contributed by atoms with van der Waals surface area (Å²) in [4.78, 5) is 14.2. The average molecular weight is 236 g/mol. The number of primary amides is 1. The molecule has 1 saturated carbocycles. The molecule has 1 fully saturated rings. The Balaban J connectivity index is 2.04. The van der Waals surface area contributed by atoms with Crippen LogP contribution in [0.25, 0.3) is 0 Å². The molecule has 0 aromatic carbocycles. The molecule has 0 unspecified atom stereocenters. The van der Waals surface area contributed by atoms with Crippen LogP contribution in [0.1, 0.15) is 33.1 Å². The zero-order chi connectivity index (χ0) is 12.5. The maximum absolute atomic E-state index is 11.9. The zero-order valence-electron chi connectivity index (χ0n) is 11.0. The minimum absolute atomic E-state index is 0.0819. The summed E-state index contributed by atoms with van der Waals surface area (Å²) in [6.07, 6.45) is 7.53. The van der Waals surface area contributed by atoms with Crippen LogP contribution in [0.5, 0.6) is 0 Å².